The highest BCUT2D eigenvalue weighted by Crippen LogP contribution is 2.35. The van der Waals surface area contributed by atoms with Crippen LogP contribution >= 0.6 is 0 Å². The number of hydrogen-bond acceptors (Lipinski definition) is 1. The number of benzene rings is 1. The number of rotatable bonds is 2. The average molecular weight is 271 g/mol. The zero-order valence-electron chi connectivity index (χ0n) is 11.1. The van der Waals surface area contributed by atoms with Gasteiger partial charge >= 0.3 is 6.18 Å². The van der Waals surface area contributed by atoms with Crippen LogP contribution in [0.2, 0.25) is 0 Å². The molecule has 0 spiro atoms. The molecule has 2 unspecified atom stereocenters. The molecule has 1 aliphatic carbocycles. The van der Waals surface area contributed by atoms with Gasteiger partial charge < -0.3 is 5.32 Å². The van der Waals surface area contributed by atoms with Crippen LogP contribution in [0.1, 0.15) is 44.6 Å². The highest BCUT2D eigenvalue weighted by Gasteiger charge is 2.33. The number of halogens is 3. The monoisotopic (exact) mass is 271 g/mol. The van der Waals surface area contributed by atoms with E-state index >= 15 is 0 Å². The molecule has 0 aliphatic heterocycles. The number of anilines is 1. The summed E-state index contributed by atoms with van der Waals surface area (Å²) in [6.07, 6.45) is 0.976. The van der Waals surface area contributed by atoms with E-state index in [1.165, 1.54) is 18.6 Å². The van der Waals surface area contributed by atoms with E-state index in [-0.39, 0.29) is 11.7 Å². The predicted molar refractivity (Wildman–Crippen MR) is 71.1 cm³/mol. The summed E-state index contributed by atoms with van der Waals surface area (Å²) in [4.78, 5) is 0. The Morgan fingerprint density at radius 3 is 2.53 bits per heavy atom. The summed E-state index contributed by atoms with van der Waals surface area (Å²) in [5.74, 6) is 0.685. The molecule has 1 aromatic carbocycles. The standard InChI is InChI=1S/C15H20F3N/c1-11-5-4-6-12(10-9-11)19-14-8-3-2-7-13(14)15(16,17)18/h2-3,7-8,11-12,19H,4-6,9-10H2,1H3. The molecule has 1 saturated carbocycles. The van der Waals surface area contributed by atoms with Crippen molar-refractivity contribution in [3.8, 4) is 0 Å². The third kappa shape index (κ3) is 3.88. The van der Waals surface area contributed by atoms with Gasteiger partial charge in [0.2, 0.25) is 0 Å². The third-order valence-corrected chi connectivity index (χ3v) is 3.85. The number of nitrogens with one attached hydrogen (secondary N) is 1. The van der Waals surface area contributed by atoms with Crippen LogP contribution in [-0.2, 0) is 6.18 Å². The summed E-state index contributed by atoms with van der Waals surface area (Å²) >= 11 is 0. The summed E-state index contributed by atoms with van der Waals surface area (Å²) in [6.45, 7) is 2.21. The maximum Gasteiger partial charge on any atom is 0.418 e. The van der Waals surface area contributed by atoms with Crippen LogP contribution in [0.5, 0.6) is 0 Å². The predicted octanol–water partition coefficient (Wildman–Crippen LogP) is 5.09. The Bertz CT molecular complexity index is 414. The second-order valence-corrected chi connectivity index (χ2v) is 5.50. The lowest BCUT2D eigenvalue weighted by molar-refractivity contribution is -0.137. The summed E-state index contributed by atoms with van der Waals surface area (Å²) < 4.78 is 38.7. The van der Waals surface area contributed by atoms with E-state index in [9.17, 15) is 13.2 Å². The van der Waals surface area contributed by atoms with Crippen molar-refractivity contribution in [2.24, 2.45) is 5.92 Å². The largest absolute Gasteiger partial charge is 0.418 e. The van der Waals surface area contributed by atoms with E-state index in [1.807, 2.05) is 0 Å². The Morgan fingerprint density at radius 2 is 1.79 bits per heavy atom. The Kier molecular flexibility index (Phi) is 4.38. The fourth-order valence-corrected chi connectivity index (χ4v) is 2.71. The SMILES string of the molecule is CC1CCCC(Nc2ccccc2C(F)(F)F)CC1. The first-order valence-electron chi connectivity index (χ1n) is 6.89. The zero-order chi connectivity index (χ0) is 13.9. The van der Waals surface area contributed by atoms with Gasteiger partial charge in [-0.1, -0.05) is 31.9 Å². The number of para-hydroxylation sites is 1. The van der Waals surface area contributed by atoms with Crippen LogP contribution in [0, 0.1) is 5.92 Å². The van der Waals surface area contributed by atoms with E-state index in [1.54, 1.807) is 6.07 Å². The maximum absolute atomic E-state index is 12.9. The molecule has 0 heterocycles. The summed E-state index contributed by atoms with van der Waals surface area (Å²) in [7, 11) is 0. The van der Waals surface area contributed by atoms with Gasteiger partial charge in [-0.25, -0.2) is 0 Å². The first-order chi connectivity index (χ1) is 8.97. The molecule has 106 valence electrons. The molecule has 4 heteroatoms. The second kappa shape index (κ2) is 5.85. The van der Waals surface area contributed by atoms with Crippen molar-refractivity contribution in [2.45, 2.75) is 51.2 Å². The Morgan fingerprint density at radius 1 is 1.05 bits per heavy atom. The van der Waals surface area contributed by atoms with Crippen LogP contribution < -0.4 is 5.32 Å². The molecule has 0 amide bonds. The van der Waals surface area contributed by atoms with Crippen molar-refractivity contribution in [1.29, 1.82) is 0 Å². The molecule has 2 atom stereocenters. The van der Waals surface area contributed by atoms with E-state index in [0.29, 0.717) is 5.92 Å². The minimum atomic E-state index is -4.29. The molecular weight excluding hydrogens is 251 g/mol. The van der Waals surface area contributed by atoms with Crippen molar-refractivity contribution in [2.75, 3.05) is 5.32 Å². The van der Waals surface area contributed by atoms with Gasteiger partial charge in [0.15, 0.2) is 0 Å². The maximum atomic E-state index is 12.9. The van der Waals surface area contributed by atoms with Crippen LogP contribution in [0.3, 0.4) is 0 Å². The van der Waals surface area contributed by atoms with Crippen molar-refractivity contribution >= 4 is 5.69 Å². The smallest absolute Gasteiger partial charge is 0.382 e. The Hall–Kier alpha value is -1.19. The summed E-state index contributed by atoms with van der Waals surface area (Å²) in [6, 6.07) is 5.91. The fraction of sp³-hybridized carbons (Fsp3) is 0.600. The van der Waals surface area contributed by atoms with Gasteiger partial charge in [0.1, 0.15) is 0 Å². The van der Waals surface area contributed by atoms with Crippen molar-refractivity contribution < 1.29 is 13.2 Å². The summed E-state index contributed by atoms with van der Waals surface area (Å²) in [5, 5.41) is 3.10. The topological polar surface area (TPSA) is 12.0 Å². The summed E-state index contributed by atoms with van der Waals surface area (Å²) in [5.41, 5.74) is -0.346. The van der Waals surface area contributed by atoms with Gasteiger partial charge in [-0.3, -0.25) is 0 Å². The highest BCUT2D eigenvalue weighted by molar-refractivity contribution is 5.53. The third-order valence-electron chi connectivity index (χ3n) is 3.85. The highest BCUT2D eigenvalue weighted by atomic mass is 19.4. The van der Waals surface area contributed by atoms with E-state index in [0.717, 1.165) is 31.7 Å². The van der Waals surface area contributed by atoms with Crippen molar-refractivity contribution in [3.63, 3.8) is 0 Å². The van der Waals surface area contributed by atoms with E-state index in [4.69, 9.17) is 0 Å². The lowest BCUT2D eigenvalue weighted by atomic mass is 10.0. The van der Waals surface area contributed by atoms with Gasteiger partial charge in [-0.2, -0.15) is 13.2 Å². The van der Waals surface area contributed by atoms with Gasteiger partial charge in [0.05, 0.1) is 5.56 Å². The number of alkyl halides is 3. The average Bonchev–Trinajstić information content (AvgIpc) is 2.54. The molecule has 1 aliphatic rings. The Labute approximate surface area is 112 Å². The van der Waals surface area contributed by atoms with E-state index in [2.05, 4.69) is 12.2 Å². The zero-order valence-corrected chi connectivity index (χ0v) is 11.1. The van der Waals surface area contributed by atoms with Gasteiger partial charge in [0.25, 0.3) is 0 Å². The molecule has 1 N–H and O–H groups in total. The first-order valence-corrected chi connectivity index (χ1v) is 6.89. The Balaban J connectivity index is 2.10. The van der Waals surface area contributed by atoms with Gasteiger partial charge in [-0.05, 0) is 37.3 Å². The van der Waals surface area contributed by atoms with Gasteiger partial charge in [0, 0.05) is 11.7 Å². The van der Waals surface area contributed by atoms with Crippen LogP contribution in [0.15, 0.2) is 24.3 Å². The molecule has 0 aromatic heterocycles. The molecule has 0 radical (unpaired) electrons. The van der Waals surface area contributed by atoms with Crippen molar-refractivity contribution in [1.82, 2.24) is 0 Å². The first kappa shape index (κ1) is 14.2. The minimum Gasteiger partial charge on any atom is -0.382 e. The lowest BCUT2D eigenvalue weighted by Gasteiger charge is -2.21. The normalized spacial score (nSPS) is 24.8. The number of hydrogen-bond donors (Lipinski definition) is 1. The molecule has 0 saturated heterocycles. The quantitative estimate of drug-likeness (QED) is 0.739. The second-order valence-electron chi connectivity index (χ2n) is 5.50. The van der Waals surface area contributed by atoms with Crippen molar-refractivity contribution in [3.05, 3.63) is 29.8 Å². The lowest BCUT2D eigenvalue weighted by Crippen LogP contribution is -2.21. The molecule has 19 heavy (non-hydrogen) atoms. The molecule has 0 bridgehead atoms. The van der Waals surface area contributed by atoms with E-state index < -0.39 is 11.7 Å². The molecule has 1 fully saturated rings. The molecular formula is C15H20F3N. The minimum absolute atomic E-state index is 0.161. The van der Waals surface area contributed by atoms with Crippen LogP contribution in [0.25, 0.3) is 0 Å². The van der Waals surface area contributed by atoms with Gasteiger partial charge in [-0.15, -0.1) is 0 Å². The van der Waals surface area contributed by atoms with Crippen LogP contribution in [-0.4, -0.2) is 6.04 Å². The van der Waals surface area contributed by atoms with Crippen LogP contribution in [0.4, 0.5) is 18.9 Å². The molecule has 2 rings (SSSR count). The fourth-order valence-electron chi connectivity index (χ4n) is 2.71. The molecule has 1 nitrogen and oxygen atoms in total. The molecule has 1 aromatic rings.